The Bertz CT molecular complexity index is 652. The largest absolute Gasteiger partial charge is 0.450 e. The van der Waals surface area contributed by atoms with Crippen LogP contribution in [0.15, 0.2) is 28.7 Å². The molecular formula is C12H8BrCl2FN2O. The normalized spacial score (nSPS) is 10.5. The van der Waals surface area contributed by atoms with Gasteiger partial charge in [-0.05, 0) is 24.3 Å². The van der Waals surface area contributed by atoms with E-state index < -0.39 is 5.82 Å². The minimum absolute atomic E-state index is 0.0402. The summed E-state index contributed by atoms with van der Waals surface area (Å²) in [6.45, 7) is 0. The maximum Gasteiger partial charge on any atom is 0.188 e. The van der Waals surface area contributed by atoms with Gasteiger partial charge < -0.3 is 16.2 Å². The van der Waals surface area contributed by atoms with Crippen molar-refractivity contribution in [3.63, 3.8) is 0 Å². The average Bonchev–Trinajstić information content (AvgIpc) is 2.34. The molecule has 0 saturated carbocycles. The number of benzene rings is 2. The van der Waals surface area contributed by atoms with E-state index in [1.54, 1.807) is 18.2 Å². The van der Waals surface area contributed by atoms with Gasteiger partial charge in [0.05, 0.1) is 16.4 Å². The zero-order valence-corrected chi connectivity index (χ0v) is 12.5. The van der Waals surface area contributed by atoms with Crippen LogP contribution < -0.4 is 16.2 Å². The molecule has 0 atom stereocenters. The van der Waals surface area contributed by atoms with Crippen molar-refractivity contribution in [1.29, 1.82) is 0 Å². The molecule has 0 bridgehead atoms. The van der Waals surface area contributed by atoms with Crippen molar-refractivity contribution in [1.82, 2.24) is 0 Å². The highest BCUT2D eigenvalue weighted by Crippen LogP contribution is 2.40. The molecular weight excluding hydrogens is 358 g/mol. The van der Waals surface area contributed by atoms with Crippen LogP contribution in [-0.4, -0.2) is 0 Å². The zero-order chi connectivity index (χ0) is 14.2. The molecule has 0 aliphatic carbocycles. The fraction of sp³-hybridized carbons (Fsp3) is 0. The molecule has 19 heavy (non-hydrogen) atoms. The van der Waals surface area contributed by atoms with Crippen molar-refractivity contribution in [2.24, 2.45) is 0 Å². The van der Waals surface area contributed by atoms with E-state index in [1.807, 2.05) is 0 Å². The lowest BCUT2D eigenvalue weighted by Crippen LogP contribution is -1.99. The molecule has 2 aromatic carbocycles. The second kappa shape index (κ2) is 5.45. The van der Waals surface area contributed by atoms with Crippen molar-refractivity contribution in [3.8, 4) is 11.5 Å². The predicted octanol–water partition coefficient (Wildman–Crippen LogP) is 4.85. The van der Waals surface area contributed by atoms with Gasteiger partial charge in [0.2, 0.25) is 0 Å². The Kier molecular flexibility index (Phi) is 4.08. The van der Waals surface area contributed by atoms with E-state index in [0.717, 1.165) is 4.47 Å². The van der Waals surface area contributed by atoms with E-state index >= 15 is 0 Å². The number of ether oxygens (including phenoxy) is 1. The fourth-order valence-corrected chi connectivity index (χ4v) is 2.27. The van der Waals surface area contributed by atoms with Crippen molar-refractivity contribution in [2.45, 2.75) is 0 Å². The second-order valence-corrected chi connectivity index (χ2v) is 5.39. The van der Waals surface area contributed by atoms with Gasteiger partial charge in [-0.1, -0.05) is 39.1 Å². The zero-order valence-electron chi connectivity index (χ0n) is 9.38. The number of nitrogen functional groups attached to an aromatic ring is 2. The molecule has 0 radical (unpaired) electrons. The van der Waals surface area contributed by atoms with Gasteiger partial charge >= 0.3 is 0 Å². The summed E-state index contributed by atoms with van der Waals surface area (Å²) in [5.74, 6) is -0.766. The Hall–Kier alpha value is -1.17. The van der Waals surface area contributed by atoms with Crippen molar-refractivity contribution in [2.75, 3.05) is 11.5 Å². The maximum atomic E-state index is 14.0. The van der Waals surface area contributed by atoms with Gasteiger partial charge in [0.15, 0.2) is 11.6 Å². The van der Waals surface area contributed by atoms with Gasteiger partial charge in [-0.3, -0.25) is 0 Å². The van der Waals surface area contributed by atoms with Crippen LogP contribution in [0.1, 0.15) is 0 Å². The van der Waals surface area contributed by atoms with Crippen LogP contribution in [0.2, 0.25) is 10.0 Å². The van der Waals surface area contributed by atoms with Gasteiger partial charge in [-0.2, -0.15) is 0 Å². The lowest BCUT2D eigenvalue weighted by Gasteiger charge is -2.13. The molecule has 0 unspecified atom stereocenters. The highest BCUT2D eigenvalue weighted by Gasteiger charge is 2.17. The number of rotatable bonds is 2. The average molecular weight is 366 g/mol. The second-order valence-electron chi connectivity index (χ2n) is 3.69. The molecule has 0 aliphatic rings. The van der Waals surface area contributed by atoms with E-state index in [1.165, 1.54) is 6.07 Å². The van der Waals surface area contributed by atoms with E-state index in [0.29, 0.717) is 5.02 Å². The summed E-state index contributed by atoms with van der Waals surface area (Å²) >= 11 is 14.9. The van der Waals surface area contributed by atoms with E-state index in [9.17, 15) is 4.39 Å². The highest BCUT2D eigenvalue weighted by molar-refractivity contribution is 9.10. The maximum absolute atomic E-state index is 14.0. The van der Waals surface area contributed by atoms with Crippen LogP contribution in [0.5, 0.6) is 11.5 Å². The Labute approximate surface area is 127 Å². The van der Waals surface area contributed by atoms with Gasteiger partial charge in [0.1, 0.15) is 10.8 Å². The van der Waals surface area contributed by atoms with Gasteiger partial charge in [0, 0.05) is 4.47 Å². The van der Waals surface area contributed by atoms with Crippen LogP contribution in [0.4, 0.5) is 15.8 Å². The SMILES string of the molecule is Nc1cc(N)c(Oc2ccc(Br)cc2Cl)c(F)c1Cl. The summed E-state index contributed by atoms with van der Waals surface area (Å²) in [5, 5.41) is 0.0681. The molecule has 3 nitrogen and oxygen atoms in total. The lowest BCUT2D eigenvalue weighted by atomic mass is 10.2. The first-order valence-corrected chi connectivity index (χ1v) is 6.61. The van der Waals surface area contributed by atoms with Crippen LogP contribution in [0, 0.1) is 5.82 Å². The first kappa shape index (κ1) is 14.2. The molecule has 2 rings (SSSR count). The minimum atomic E-state index is -0.821. The van der Waals surface area contributed by atoms with E-state index in [2.05, 4.69) is 15.9 Å². The smallest absolute Gasteiger partial charge is 0.188 e. The van der Waals surface area contributed by atoms with E-state index in [-0.39, 0.29) is 27.9 Å². The summed E-state index contributed by atoms with van der Waals surface area (Å²) in [6, 6.07) is 6.22. The Morgan fingerprint density at radius 3 is 2.42 bits per heavy atom. The number of hydrogen-bond donors (Lipinski definition) is 2. The van der Waals surface area contributed by atoms with Crippen LogP contribution >= 0.6 is 39.1 Å². The summed E-state index contributed by atoms with van der Waals surface area (Å²) in [5.41, 5.74) is 11.2. The molecule has 0 fully saturated rings. The first-order chi connectivity index (χ1) is 8.90. The Balaban J connectivity index is 2.47. The van der Waals surface area contributed by atoms with Crippen LogP contribution in [0.25, 0.3) is 0 Å². The van der Waals surface area contributed by atoms with Gasteiger partial charge in [-0.25, -0.2) is 4.39 Å². The van der Waals surface area contributed by atoms with E-state index in [4.69, 9.17) is 39.4 Å². The standard InChI is InChI=1S/C12H8BrCl2FN2O/c13-5-1-2-9(6(14)3-5)19-12-8(18)4-7(17)10(15)11(12)16/h1-4H,17-18H2. The molecule has 4 N–H and O–H groups in total. The summed E-state index contributed by atoms with van der Waals surface area (Å²) < 4.78 is 20.1. The molecule has 0 saturated heterocycles. The monoisotopic (exact) mass is 364 g/mol. The molecule has 0 heterocycles. The minimum Gasteiger partial charge on any atom is -0.450 e. The summed E-state index contributed by atoms with van der Waals surface area (Å²) in [7, 11) is 0. The fourth-order valence-electron chi connectivity index (χ4n) is 1.42. The third-order valence-electron chi connectivity index (χ3n) is 2.32. The third kappa shape index (κ3) is 2.88. The number of anilines is 2. The Morgan fingerprint density at radius 1 is 1.11 bits per heavy atom. The van der Waals surface area contributed by atoms with Crippen LogP contribution in [0.3, 0.4) is 0 Å². The van der Waals surface area contributed by atoms with Crippen molar-refractivity contribution < 1.29 is 9.13 Å². The molecule has 0 spiro atoms. The molecule has 100 valence electrons. The van der Waals surface area contributed by atoms with Crippen molar-refractivity contribution in [3.05, 3.63) is 44.6 Å². The molecule has 0 aliphatic heterocycles. The topological polar surface area (TPSA) is 61.3 Å². The molecule has 2 aromatic rings. The number of nitrogens with two attached hydrogens (primary N) is 2. The Morgan fingerprint density at radius 2 is 1.79 bits per heavy atom. The molecule has 7 heteroatoms. The third-order valence-corrected chi connectivity index (χ3v) is 3.50. The summed E-state index contributed by atoms with van der Waals surface area (Å²) in [6.07, 6.45) is 0. The predicted molar refractivity (Wildman–Crippen MR) is 79.5 cm³/mol. The quantitative estimate of drug-likeness (QED) is 0.747. The number of halogens is 4. The van der Waals surface area contributed by atoms with Crippen LogP contribution in [-0.2, 0) is 0 Å². The first-order valence-electron chi connectivity index (χ1n) is 5.06. The van der Waals surface area contributed by atoms with Gasteiger partial charge in [0.25, 0.3) is 0 Å². The van der Waals surface area contributed by atoms with Gasteiger partial charge in [-0.15, -0.1) is 0 Å². The molecule has 0 amide bonds. The highest BCUT2D eigenvalue weighted by atomic mass is 79.9. The number of hydrogen-bond acceptors (Lipinski definition) is 3. The lowest BCUT2D eigenvalue weighted by molar-refractivity contribution is 0.445. The van der Waals surface area contributed by atoms with Crippen molar-refractivity contribution >= 4 is 50.5 Å². The summed E-state index contributed by atoms with van der Waals surface area (Å²) in [4.78, 5) is 0. The molecule has 0 aromatic heterocycles.